The van der Waals surface area contributed by atoms with Crippen LogP contribution in [0.15, 0.2) is 36.8 Å². The first-order valence-electron chi connectivity index (χ1n) is 9.54. The Kier molecular flexibility index (Phi) is 5.25. The first-order valence-corrected chi connectivity index (χ1v) is 9.98. The van der Waals surface area contributed by atoms with Gasteiger partial charge in [-0.3, -0.25) is 9.78 Å². The number of pyridine rings is 1. The van der Waals surface area contributed by atoms with Crippen LogP contribution in [-0.2, 0) is 4.79 Å². The molecule has 5 atom stereocenters. The Labute approximate surface area is 164 Å². The van der Waals surface area contributed by atoms with Crippen LogP contribution in [0.2, 0.25) is 0 Å². The Morgan fingerprint density at radius 2 is 2.15 bits per heavy atom. The van der Waals surface area contributed by atoms with Gasteiger partial charge in [0.1, 0.15) is 0 Å². The van der Waals surface area contributed by atoms with Crippen molar-refractivity contribution in [3.05, 3.63) is 36.8 Å². The van der Waals surface area contributed by atoms with Gasteiger partial charge in [-0.1, -0.05) is 0 Å². The largest absolute Gasteiger partial charge is 0.353 e. The Morgan fingerprint density at radius 1 is 1.26 bits per heavy atom. The van der Waals surface area contributed by atoms with Crippen molar-refractivity contribution in [2.45, 2.75) is 50.1 Å². The third-order valence-corrected chi connectivity index (χ3v) is 6.11. The molecule has 0 aromatic carbocycles. The Bertz CT molecular complexity index is 802. The molecule has 1 amide bonds. The average Bonchev–Trinajstić information content (AvgIpc) is 2.68. The normalized spacial score (nSPS) is 28.7. The number of carbonyl (C=O) groups is 1. The monoisotopic (exact) mass is 385 g/mol. The summed E-state index contributed by atoms with van der Waals surface area (Å²) in [6.07, 6.45) is 9.03. The van der Waals surface area contributed by atoms with Crippen molar-refractivity contribution in [2.75, 3.05) is 5.32 Å². The minimum absolute atomic E-state index is 0.0641. The van der Waals surface area contributed by atoms with E-state index in [1.807, 2.05) is 25.1 Å². The maximum Gasteiger partial charge on any atom is 0.225 e. The second-order valence-corrected chi connectivity index (χ2v) is 8.19. The smallest absolute Gasteiger partial charge is 0.225 e. The summed E-state index contributed by atoms with van der Waals surface area (Å²) in [4.78, 5) is 25.7. The first-order chi connectivity index (χ1) is 13.1. The van der Waals surface area contributed by atoms with Crippen LogP contribution in [0.5, 0.6) is 0 Å². The molecule has 2 fully saturated rings. The van der Waals surface area contributed by atoms with E-state index in [-0.39, 0.29) is 29.3 Å². The van der Waals surface area contributed by atoms with Gasteiger partial charge in [0.15, 0.2) is 0 Å². The third kappa shape index (κ3) is 4.05. The number of fused-ring (bicyclic) bond motifs is 1. The van der Waals surface area contributed by atoms with Crippen LogP contribution in [0.1, 0.15) is 32.6 Å². The fraction of sp³-hybridized carbons (Fsp3) is 0.500. The highest BCUT2D eigenvalue weighted by molar-refractivity contribution is 6.20. The number of anilines is 1. The molecule has 0 radical (unpaired) electrons. The summed E-state index contributed by atoms with van der Waals surface area (Å²) in [5.74, 6) is 0.986. The summed E-state index contributed by atoms with van der Waals surface area (Å²) in [5.41, 5.74) is 1.74. The van der Waals surface area contributed by atoms with Crippen molar-refractivity contribution in [1.82, 2.24) is 20.3 Å². The van der Waals surface area contributed by atoms with Gasteiger partial charge in [0.05, 0.1) is 11.6 Å². The topological polar surface area (TPSA) is 79.8 Å². The van der Waals surface area contributed by atoms with Gasteiger partial charge < -0.3 is 10.6 Å². The molecule has 27 heavy (non-hydrogen) atoms. The lowest BCUT2D eigenvalue weighted by molar-refractivity contribution is -0.130. The van der Waals surface area contributed by atoms with Gasteiger partial charge in [0.2, 0.25) is 11.9 Å². The molecule has 4 unspecified atom stereocenters. The molecule has 0 spiro atoms. The second kappa shape index (κ2) is 7.80. The fourth-order valence-corrected chi connectivity index (χ4v) is 4.57. The molecule has 4 rings (SSSR count). The van der Waals surface area contributed by atoms with Crippen molar-refractivity contribution < 1.29 is 4.79 Å². The van der Waals surface area contributed by atoms with E-state index in [1.54, 1.807) is 18.6 Å². The molecular weight excluding hydrogens is 362 g/mol. The number of nitrogens with one attached hydrogen (secondary N) is 2. The summed E-state index contributed by atoms with van der Waals surface area (Å²) in [7, 11) is 0. The molecule has 142 valence electrons. The van der Waals surface area contributed by atoms with E-state index in [4.69, 9.17) is 11.6 Å². The highest BCUT2D eigenvalue weighted by atomic mass is 35.5. The minimum Gasteiger partial charge on any atom is -0.353 e. The number of nitrogens with zero attached hydrogens (tertiary/aromatic N) is 3. The molecule has 2 aromatic rings. The molecule has 1 aliphatic heterocycles. The van der Waals surface area contributed by atoms with Crippen molar-refractivity contribution in [1.29, 1.82) is 0 Å². The number of hydrogen-bond acceptors (Lipinski definition) is 5. The fourth-order valence-electron chi connectivity index (χ4n) is 4.22. The zero-order valence-corrected chi connectivity index (χ0v) is 16.1. The van der Waals surface area contributed by atoms with E-state index in [0.717, 1.165) is 36.9 Å². The number of piperidine rings is 1. The summed E-state index contributed by atoms with van der Waals surface area (Å²) in [6.45, 7) is 2.02. The Hall–Kier alpha value is -2.21. The van der Waals surface area contributed by atoms with Crippen molar-refractivity contribution >= 4 is 23.5 Å². The Balaban J connectivity index is 1.46. The lowest BCUT2D eigenvalue weighted by atomic mass is 9.74. The molecule has 2 aliphatic rings. The standard InChI is InChI=1S/C20H24ClN5O/c1-12(16-10-14-9-15(21)4-5-17(14)25-19(16)27)24-20-23-8-6-18(26-20)13-3-2-7-22-11-13/h2-3,6-8,11-12,14-17H,4-5,9-10H2,1H3,(H,25,27)(H,23,24,26)/t12-,14?,15?,16?,17?/m0/s1. The minimum atomic E-state index is -0.112. The van der Waals surface area contributed by atoms with Crippen LogP contribution < -0.4 is 10.6 Å². The quantitative estimate of drug-likeness (QED) is 0.790. The highest BCUT2D eigenvalue weighted by Gasteiger charge is 2.41. The van der Waals surface area contributed by atoms with Crippen LogP contribution in [0.3, 0.4) is 0 Å². The van der Waals surface area contributed by atoms with Gasteiger partial charge in [0, 0.05) is 41.6 Å². The number of halogens is 1. The van der Waals surface area contributed by atoms with E-state index < -0.39 is 0 Å². The lowest BCUT2D eigenvalue weighted by Crippen LogP contribution is -2.55. The van der Waals surface area contributed by atoms with Gasteiger partial charge in [-0.05, 0) is 56.7 Å². The SMILES string of the molecule is C[C@H](Nc1nccc(-c2cccnc2)n1)C1CC2CC(Cl)CCC2NC1=O. The molecular formula is C20H24ClN5O. The molecule has 7 heteroatoms. The molecule has 6 nitrogen and oxygen atoms in total. The molecule has 3 heterocycles. The maximum atomic E-state index is 12.6. The van der Waals surface area contributed by atoms with Crippen molar-refractivity contribution in [2.24, 2.45) is 11.8 Å². The average molecular weight is 386 g/mol. The van der Waals surface area contributed by atoms with Crippen LogP contribution in [0.25, 0.3) is 11.3 Å². The number of aromatic nitrogens is 3. The number of rotatable bonds is 4. The maximum absolute atomic E-state index is 12.6. The van der Waals surface area contributed by atoms with Gasteiger partial charge in [0.25, 0.3) is 0 Å². The lowest BCUT2D eigenvalue weighted by Gasteiger charge is -2.42. The summed E-state index contributed by atoms with van der Waals surface area (Å²) in [6, 6.07) is 5.91. The molecule has 1 saturated heterocycles. The highest BCUT2D eigenvalue weighted by Crippen LogP contribution is 2.36. The zero-order valence-electron chi connectivity index (χ0n) is 15.3. The van der Waals surface area contributed by atoms with Gasteiger partial charge in [-0.15, -0.1) is 11.6 Å². The second-order valence-electron chi connectivity index (χ2n) is 7.57. The van der Waals surface area contributed by atoms with E-state index in [2.05, 4.69) is 25.6 Å². The van der Waals surface area contributed by atoms with Crippen LogP contribution in [0.4, 0.5) is 5.95 Å². The predicted molar refractivity (Wildman–Crippen MR) is 105 cm³/mol. The molecule has 1 saturated carbocycles. The molecule has 1 aliphatic carbocycles. The first kappa shape index (κ1) is 18.2. The van der Waals surface area contributed by atoms with Crippen LogP contribution in [0, 0.1) is 11.8 Å². The summed E-state index contributed by atoms with van der Waals surface area (Å²) >= 11 is 6.35. The number of amides is 1. The van der Waals surface area contributed by atoms with E-state index in [1.165, 1.54) is 0 Å². The number of carbonyl (C=O) groups excluding carboxylic acids is 1. The van der Waals surface area contributed by atoms with E-state index >= 15 is 0 Å². The van der Waals surface area contributed by atoms with Gasteiger partial charge in [-0.2, -0.15) is 0 Å². The van der Waals surface area contributed by atoms with Crippen molar-refractivity contribution in [3.8, 4) is 11.3 Å². The number of alkyl halides is 1. The number of hydrogen-bond donors (Lipinski definition) is 2. The van der Waals surface area contributed by atoms with Crippen LogP contribution in [-0.4, -0.2) is 38.3 Å². The summed E-state index contributed by atoms with van der Waals surface area (Å²) in [5, 5.41) is 6.76. The molecule has 2 N–H and O–H groups in total. The molecule has 2 aromatic heterocycles. The van der Waals surface area contributed by atoms with E-state index in [9.17, 15) is 4.79 Å². The van der Waals surface area contributed by atoms with Gasteiger partial charge in [-0.25, -0.2) is 9.97 Å². The van der Waals surface area contributed by atoms with E-state index in [0.29, 0.717) is 11.9 Å². The Morgan fingerprint density at radius 3 is 2.96 bits per heavy atom. The molecule has 0 bridgehead atoms. The predicted octanol–water partition coefficient (Wildman–Crippen LogP) is 3.25. The zero-order chi connectivity index (χ0) is 18.8. The third-order valence-electron chi connectivity index (χ3n) is 5.71. The summed E-state index contributed by atoms with van der Waals surface area (Å²) < 4.78 is 0. The van der Waals surface area contributed by atoms with Crippen molar-refractivity contribution in [3.63, 3.8) is 0 Å². The van der Waals surface area contributed by atoms with Crippen LogP contribution >= 0.6 is 11.6 Å². The van der Waals surface area contributed by atoms with Gasteiger partial charge >= 0.3 is 0 Å².